The van der Waals surface area contributed by atoms with Crippen LogP contribution in [0.1, 0.15) is 37.3 Å². The summed E-state index contributed by atoms with van der Waals surface area (Å²) in [6, 6.07) is 2.47. The summed E-state index contributed by atoms with van der Waals surface area (Å²) in [4.78, 5) is 17.0. The molecule has 0 N–H and O–H groups in total. The molecule has 1 aliphatic heterocycles. The minimum absolute atomic E-state index is 0.139. The number of hydrogen-bond acceptors (Lipinski definition) is 2. The molecule has 1 unspecified atom stereocenters. The molecule has 1 atom stereocenters. The number of amides is 1. The highest BCUT2D eigenvalue weighted by Crippen LogP contribution is 2.22. The molecule has 19 heavy (non-hydrogen) atoms. The Morgan fingerprint density at radius 1 is 1.42 bits per heavy atom. The molecule has 4 nitrogen and oxygen atoms in total. The van der Waals surface area contributed by atoms with Gasteiger partial charge in [0.05, 0.1) is 0 Å². The van der Waals surface area contributed by atoms with Gasteiger partial charge in [0.1, 0.15) is 5.69 Å². The van der Waals surface area contributed by atoms with Crippen LogP contribution in [0.3, 0.4) is 0 Å². The zero-order chi connectivity index (χ0) is 14.2. The summed E-state index contributed by atoms with van der Waals surface area (Å²) in [7, 11) is 2.10. The molecular weight excluding hydrogens is 306 g/mol. The van der Waals surface area contributed by atoms with Crippen LogP contribution >= 0.6 is 15.9 Å². The SMILES string of the molecule is CC1CN(C)CCN1C(=O)c1cc(Br)cn1C(C)C. The molecule has 0 bridgehead atoms. The molecule has 1 aromatic heterocycles. The fraction of sp³-hybridized carbons (Fsp3) is 0.643. The number of aromatic nitrogens is 1. The van der Waals surface area contributed by atoms with Gasteiger partial charge in [-0.25, -0.2) is 0 Å². The van der Waals surface area contributed by atoms with E-state index >= 15 is 0 Å². The van der Waals surface area contributed by atoms with Gasteiger partial charge in [0, 0.05) is 42.4 Å². The molecule has 0 aromatic carbocycles. The predicted molar refractivity (Wildman–Crippen MR) is 80.5 cm³/mol. The smallest absolute Gasteiger partial charge is 0.270 e. The summed E-state index contributed by atoms with van der Waals surface area (Å²) in [5.41, 5.74) is 0.776. The largest absolute Gasteiger partial charge is 0.340 e. The number of halogens is 1. The summed E-state index contributed by atoms with van der Waals surface area (Å²) in [6.45, 7) is 8.99. The number of likely N-dealkylation sites (N-methyl/N-ethyl adjacent to an activating group) is 1. The fourth-order valence-corrected chi connectivity index (χ4v) is 3.07. The van der Waals surface area contributed by atoms with Crippen LogP contribution in [-0.2, 0) is 0 Å². The molecule has 0 spiro atoms. The Bertz CT molecular complexity index is 469. The normalized spacial score (nSPS) is 21.2. The van der Waals surface area contributed by atoms with E-state index in [-0.39, 0.29) is 18.0 Å². The van der Waals surface area contributed by atoms with Crippen LogP contribution in [-0.4, -0.2) is 53.0 Å². The minimum Gasteiger partial charge on any atom is -0.340 e. The van der Waals surface area contributed by atoms with Crippen LogP contribution in [0.2, 0.25) is 0 Å². The lowest BCUT2D eigenvalue weighted by molar-refractivity contribution is 0.0521. The summed E-state index contributed by atoms with van der Waals surface area (Å²) in [6.07, 6.45) is 1.98. The van der Waals surface area contributed by atoms with E-state index in [0.717, 1.165) is 29.8 Å². The number of hydrogen-bond donors (Lipinski definition) is 0. The van der Waals surface area contributed by atoms with Crippen molar-refractivity contribution in [1.82, 2.24) is 14.4 Å². The number of nitrogens with zero attached hydrogens (tertiary/aromatic N) is 3. The number of carbonyl (C=O) groups excluding carboxylic acids is 1. The Labute approximate surface area is 123 Å². The van der Waals surface area contributed by atoms with Gasteiger partial charge in [-0.05, 0) is 49.8 Å². The van der Waals surface area contributed by atoms with Crippen LogP contribution in [0.4, 0.5) is 0 Å². The van der Waals surface area contributed by atoms with Crippen LogP contribution in [0.15, 0.2) is 16.7 Å². The van der Waals surface area contributed by atoms with E-state index < -0.39 is 0 Å². The molecule has 1 aromatic rings. The Morgan fingerprint density at radius 3 is 2.68 bits per heavy atom. The molecule has 2 rings (SSSR count). The van der Waals surface area contributed by atoms with E-state index in [1.807, 2.05) is 21.7 Å². The first-order chi connectivity index (χ1) is 8.90. The van der Waals surface area contributed by atoms with Crippen molar-refractivity contribution >= 4 is 21.8 Å². The van der Waals surface area contributed by atoms with Gasteiger partial charge in [-0.3, -0.25) is 4.79 Å². The molecule has 0 saturated carbocycles. The number of rotatable bonds is 2. The third kappa shape index (κ3) is 3.03. The summed E-state index contributed by atoms with van der Waals surface area (Å²) >= 11 is 3.47. The molecule has 0 radical (unpaired) electrons. The van der Waals surface area contributed by atoms with E-state index in [4.69, 9.17) is 0 Å². The first-order valence-electron chi connectivity index (χ1n) is 6.77. The third-order valence-corrected chi connectivity index (χ3v) is 4.12. The van der Waals surface area contributed by atoms with Crippen LogP contribution in [0.25, 0.3) is 0 Å². The van der Waals surface area contributed by atoms with Crippen LogP contribution in [0.5, 0.6) is 0 Å². The van der Waals surface area contributed by atoms with Crippen molar-refractivity contribution in [3.8, 4) is 0 Å². The van der Waals surface area contributed by atoms with Gasteiger partial charge >= 0.3 is 0 Å². The monoisotopic (exact) mass is 327 g/mol. The van der Waals surface area contributed by atoms with Crippen molar-refractivity contribution in [2.24, 2.45) is 0 Å². The first kappa shape index (κ1) is 14.6. The number of piperazine rings is 1. The van der Waals surface area contributed by atoms with Gasteiger partial charge in [-0.1, -0.05) is 0 Å². The minimum atomic E-state index is 0.139. The molecular formula is C14H22BrN3O. The lowest BCUT2D eigenvalue weighted by atomic mass is 10.2. The molecule has 1 fully saturated rings. The lowest BCUT2D eigenvalue weighted by Gasteiger charge is -2.38. The summed E-state index contributed by atoms with van der Waals surface area (Å²) < 4.78 is 3.00. The highest BCUT2D eigenvalue weighted by Gasteiger charge is 2.28. The Morgan fingerprint density at radius 2 is 2.11 bits per heavy atom. The standard InChI is InChI=1S/C14H22BrN3O/c1-10(2)18-9-12(15)7-13(18)14(19)17-6-5-16(4)8-11(17)3/h7,9-11H,5-6,8H2,1-4H3. The average Bonchev–Trinajstić information content (AvgIpc) is 2.70. The molecule has 0 aliphatic carbocycles. The van der Waals surface area contributed by atoms with Crippen molar-refractivity contribution < 1.29 is 4.79 Å². The van der Waals surface area contributed by atoms with E-state index in [1.165, 1.54) is 0 Å². The quantitative estimate of drug-likeness (QED) is 0.835. The van der Waals surface area contributed by atoms with E-state index in [9.17, 15) is 4.79 Å². The fourth-order valence-electron chi connectivity index (χ4n) is 2.63. The molecule has 2 heterocycles. The molecule has 1 amide bonds. The Balaban J connectivity index is 2.24. The molecule has 5 heteroatoms. The molecule has 1 aliphatic rings. The zero-order valence-electron chi connectivity index (χ0n) is 12.1. The summed E-state index contributed by atoms with van der Waals surface area (Å²) in [5, 5.41) is 0. The van der Waals surface area contributed by atoms with Gasteiger partial charge < -0.3 is 14.4 Å². The van der Waals surface area contributed by atoms with Gasteiger partial charge in [0.25, 0.3) is 5.91 Å². The first-order valence-corrected chi connectivity index (χ1v) is 7.56. The van der Waals surface area contributed by atoms with Crippen LogP contribution < -0.4 is 0 Å². The maximum atomic E-state index is 12.7. The highest BCUT2D eigenvalue weighted by molar-refractivity contribution is 9.10. The third-order valence-electron chi connectivity index (χ3n) is 3.68. The summed E-state index contributed by atoms with van der Waals surface area (Å²) in [5.74, 6) is 0.139. The maximum Gasteiger partial charge on any atom is 0.270 e. The van der Waals surface area contributed by atoms with E-state index in [0.29, 0.717) is 0 Å². The van der Waals surface area contributed by atoms with Crippen LogP contribution in [0, 0.1) is 0 Å². The van der Waals surface area contributed by atoms with Gasteiger partial charge in [-0.2, -0.15) is 0 Å². The second-order valence-electron chi connectivity index (χ2n) is 5.65. The van der Waals surface area contributed by atoms with E-state index in [2.05, 4.69) is 48.6 Å². The van der Waals surface area contributed by atoms with Crippen molar-refractivity contribution in [2.45, 2.75) is 32.9 Å². The zero-order valence-corrected chi connectivity index (χ0v) is 13.6. The highest BCUT2D eigenvalue weighted by atomic mass is 79.9. The van der Waals surface area contributed by atoms with Crippen molar-refractivity contribution in [2.75, 3.05) is 26.7 Å². The van der Waals surface area contributed by atoms with E-state index in [1.54, 1.807) is 0 Å². The molecule has 1 saturated heterocycles. The number of carbonyl (C=O) groups is 1. The second-order valence-corrected chi connectivity index (χ2v) is 6.57. The van der Waals surface area contributed by atoms with Crippen molar-refractivity contribution in [3.05, 3.63) is 22.4 Å². The lowest BCUT2D eigenvalue weighted by Crippen LogP contribution is -2.53. The van der Waals surface area contributed by atoms with Gasteiger partial charge in [-0.15, -0.1) is 0 Å². The molecule has 106 valence electrons. The van der Waals surface area contributed by atoms with Gasteiger partial charge in [0.15, 0.2) is 0 Å². The Hall–Kier alpha value is -0.810. The topological polar surface area (TPSA) is 28.5 Å². The van der Waals surface area contributed by atoms with Crippen molar-refractivity contribution in [3.63, 3.8) is 0 Å². The van der Waals surface area contributed by atoms with Crippen molar-refractivity contribution in [1.29, 1.82) is 0 Å². The predicted octanol–water partition coefficient (Wildman–Crippen LogP) is 2.61. The Kier molecular flexibility index (Phi) is 4.36. The maximum absolute atomic E-state index is 12.7. The second kappa shape index (κ2) is 5.67. The van der Waals surface area contributed by atoms with Gasteiger partial charge in [0.2, 0.25) is 0 Å². The average molecular weight is 328 g/mol.